The van der Waals surface area contributed by atoms with Crippen LogP contribution < -0.4 is 5.32 Å². The highest BCUT2D eigenvalue weighted by atomic mass is 35.5. The van der Waals surface area contributed by atoms with E-state index in [1.807, 2.05) is 19.1 Å². The van der Waals surface area contributed by atoms with Crippen LogP contribution in [0.4, 0.5) is 5.69 Å². The lowest BCUT2D eigenvalue weighted by molar-refractivity contribution is -0.145. The van der Waals surface area contributed by atoms with E-state index in [2.05, 4.69) is 5.32 Å². The topological polar surface area (TPSA) is 55.4 Å². The Balaban J connectivity index is 1.59. The van der Waals surface area contributed by atoms with Gasteiger partial charge < -0.3 is 10.1 Å². The Hall–Kier alpha value is -1.55. The Labute approximate surface area is 127 Å². The third-order valence-electron chi connectivity index (χ3n) is 5.31. The molecular weight excluding hydrogens is 290 g/mol. The van der Waals surface area contributed by atoms with E-state index in [9.17, 15) is 9.59 Å². The number of halogens is 1. The molecule has 110 valence electrons. The van der Waals surface area contributed by atoms with Crippen molar-refractivity contribution in [1.29, 1.82) is 0 Å². The number of carbonyl (C=O) groups excluding carboxylic acids is 2. The van der Waals surface area contributed by atoms with Gasteiger partial charge in [0.2, 0.25) is 5.91 Å². The molecule has 1 saturated heterocycles. The zero-order valence-electron chi connectivity index (χ0n) is 11.6. The lowest BCUT2D eigenvalue weighted by atomic mass is 9.79. The van der Waals surface area contributed by atoms with Gasteiger partial charge in [0, 0.05) is 16.6 Å². The molecule has 2 bridgehead atoms. The maximum atomic E-state index is 12.6. The summed E-state index contributed by atoms with van der Waals surface area (Å²) in [7, 11) is 0. The van der Waals surface area contributed by atoms with Gasteiger partial charge in [0.05, 0.1) is 11.8 Å². The van der Waals surface area contributed by atoms with Crippen molar-refractivity contribution in [3.63, 3.8) is 0 Å². The van der Waals surface area contributed by atoms with Crippen LogP contribution in [0.2, 0.25) is 5.02 Å². The first-order chi connectivity index (χ1) is 10.1. The monoisotopic (exact) mass is 305 g/mol. The second-order valence-electron chi connectivity index (χ2n) is 6.32. The fourth-order valence-corrected chi connectivity index (χ4v) is 4.50. The van der Waals surface area contributed by atoms with Crippen molar-refractivity contribution in [2.75, 3.05) is 5.32 Å². The van der Waals surface area contributed by atoms with Crippen molar-refractivity contribution >= 4 is 29.2 Å². The van der Waals surface area contributed by atoms with Crippen molar-refractivity contribution in [3.05, 3.63) is 28.8 Å². The fraction of sp³-hybridized carbons (Fsp3) is 0.500. The fourth-order valence-electron chi connectivity index (χ4n) is 4.32. The van der Waals surface area contributed by atoms with Gasteiger partial charge in [0.25, 0.3) is 0 Å². The minimum absolute atomic E-state index is 0.0597. The van der Waals surface area contributed by atoms with Gasteiger partial charge in [0.15, 0.2) is 0 Å². The average molecular weight is 306 g/mol. The highest BCUT2D eigenvalue weighted by Gasteiger charge is 2.63. The number of rotatable bonds is 2. The smallest absolute Gasteiger partial charge is 0.310 e. The molecule has 2 saturated carbocycles. The third kappa shape index (κ3) is 1.81. The van der Waals surface area contributed by atoms with Crippen LogP contribution in [0.15, 0.2) is 18.2 Å². The molecular formula is C16H16ClNO3. The molecule has 0 unspecified atom stereocenters. The van der Waals surface area contributed by atoms with Crippen LogP contribution >= 0.6 is 11.6 Å². The number of benzene rings is 1. The molecule has 0 radical (unpaired) electrons. The lowest BCUT2D eigenvalue weighted by Crippen LogP contribution is -2.36. The lowest BCUT2D eigenvalue weighted by Gasteiger charge is -2.24. The van der Waals surface area contributed by atoms with Crippen LogP contribution in [0.3, 0.4) is 0 Å². The minimum Gasteiger partial charge on any atom is -0.462 e. The molecule has 1 amide bonds. The third-order valence-corrected chi connectivity index (χ3v) is 5.72. The molecule has 1 heterocycles. The van der Waals surface area contributed by atoms with Gasteiger partial charge in [-0.2, -0.15) is 0 Å². The Morgan fingerprint density at radius 2 is 2.19 bits per heavy atom. The molecule has 5 heteroatoms. The number of hydrogen-bond donors (Lipinski definition) is 1. The van der Waals surface area contributed by atoms with E-state index in [1.165, 1.54) is 0 Å². The molecule has 3 fully saturated rings. The summed E-state index contributed by atoms with van der Waals surface area (Å²) in [6, 6.07) is 5.44. The first kappa shape index (κ1) is 13.1. The largest absolute Gasteiger partial charge is 0.462 e. The van der Waals surface area contributed by atoms with Crippen molar-refractivity contribution in [1.82, 2.24) is 0 Å². The SMILES string of the molecule is Cc1c(Cl)cccc1NC(=O)[C@H]1[C@@H]2C[C@H]3[C@@H]1C(=O)O[C@@H]3C2. The first-order valence-electron chi connectivity index (χ1n) is 7.32. The molecule has 5 atom stereocenters. The van der Waals surface area contributed by atoms with Crippen molar-refractivity contribution < 1.29 is 14.3 Å². The van der Waals surface area contributed by atoms with Crippen LogP contribution in [-0.2, 0) is 14.3 Å². The number of esters is 1. The van der Waals surface area contributed by atoms with Crippen molar-refractivity contribution in [2.45, 2.75) is 25.9 Å². The zero-order valence-corrected chi connectivity index (χ0v) is 12.4. The Kier molecular flexibility index (Phi) is 2.80. The molecule has 21 heavy (non-hydrogen) atoms. The quantitative estimate of drug-likeness (QED) is 0.855. The van der Waals surface area contributed by atoms with E-state index in [-0.39, 0.29) is 41.7 Å². The summed E-state index contributed by atoms with van der Waals surface area (Å²) in [5, 5.41) is 3.58. The summed E-state index contributed by atoms with van der Waals surface area (Å²) in [6.45, 7) is 1.87. The molecule has 4 nitrogen and oxygen atoms in total. The number of fused-ring (bicyclic) bond motifs is 1. The van der Waals surface area contributed by atoms with Crippen LogP contribution in [-0.4, -0.2) is 18.0 Å². The summed E-state index contributed by atoms with van der Waals surface area (Å²) in [4.78, 5) is 24.6. The number of carbonyl (C=O) groups is 2. The Morgan fingerprint density at radius 3 is 3.00 bits per heavy atom. The van der Waals surface area contributed by atoms with E-state index in [1.54, 1.807) is 6.07 Å². The Morgan fingerprint density at radius 1 is 1.38 bits per heavy atom. The second kappa shape index (κ2) is 4.47. The summed E-state index contributed by atoms with van der Waals surface area (Å²) in [5.41, 5.74) is 1.57. The normalized spacial score (nSPS) is 35.9. The number of amides is 1. The van der Waals surface area contributed by atoms with Gasteiger partial charge in [-0.25, -0.2) is 0 Å². The standard InChI is InChI=1S/C16H16ClNO3/c1-7-10(17)3-2-4-11(7)18-15(19)13-8-5-9-12(6-8)21-16(20)14(9)13/h2-4,8-9,12-14H,5-6H2,1H3,(H,18,19)/t8-,9-,12-,13+,14+/m1/s1. The molecule has 4 rings (SSSR count). The van der Waals surface area contributed by atoms with Crippen LogP contribution in [0, 0.1) is 30.6 Å². The molecule has 2 aliphatic carbocycles. The van der Waals surface area contributed by atoms with E-state index in [0.717, 1.165) is 24.1 Å². The van der Waals surface area contributed by atoms with Crippen LogP contribution in [0.1, 0.15) is 18.4 Å². The van der Waals surface area contributed by atoms with Crippen molar-refractivity contribution in [3.8, 4) is 0 Å². The highest BCUT2D eigenvalue weighted by Crippen LogP contribution is 2.57. The predicted octanol–water partition coefficient (Wildman–Crippen LogP) is 2.78. The second-order valence-corrected chi connectivity index (χ2v) is 6.73. The first-order valence-corrected chi connectivity index (χ1v) is 7.70. The summed E-state index contributed by atoms with van der Waals surface area (Å²) >= 11 is 6.08. The Bertz CT molecular complexity index is 642. The van der Waals surface area contributed by atoms with Gasteiger partial charge in [-0.05, 0) is 43.4 Å². The molecule has 0 aromatic heterocycles. The molecule has 0 spiro atoms. The van der Waals surface area contributed by atoms with E-state index in [4.69, 9.17) is 16.3 Å². The van der Waals surface area contributed by atoms with Crippen molar-refractivity contribution in [2.24, 2.45) is 23.7 Å². The van der Waals surface area contributed by atoms with Gasteiger partial charge in [-0.1, -0.05) is 17.7 Å². The van der Waals surface area contributed by atoms with Gasteiger partial charge in [-0.15, -0.1) is 0 Å². The van der Waals surface area contributed by atoms with Crippen LogP contribution in [0.25, 0.3) is 0 Å². The van der Waals surface area contributed by atoms with Gasteiger partial charge >= 0.3 is 5.97 Å². The molecule has 1 aromatic rings. The van der Waals surface area contributed by atoms with E-state index >= 15 is 0 Å². The van der Waals surface area contributed by atoms with Gasteiger partial charge in [-0.3, -0.25) is 9.59 Å². The maximum absolute atomic E-state index is 12.6. The number of hydrogen-bond acceptors (Lipinski definition) is 3. The molecule has 3 aliphatic rings. The summed E-state index contributed by atoms with van der Waals surface area (Å²) < 4.78 is 5.37. The van der Waals surface area contributed by atoms with E-state index < -0.39 is 0 Å². The number of ether oxygens (including phenoxy) is 1. The van der Waals surface area contributed by atoms with Gasteiger partial charge in [0.1, 0.15) is 6.10 Å². The minimum atomic E-state index is -0.250. The summed E-state index contributed by atoms with van der Waals surface area (Å²) in [6.07, 6.45) is 1.83. The summed E-state index contributed by atoms with van der Waals surface area (Å²) in [5.74, 6) is -0.231. The molecule has 1 aliphatic heterocycles. The van der Waals surface area contributed by atoms with Crippen LogP contribution in [0.5, 0.6) is 0 Å². The maximum Gasteiger partial charge on any atom is 0.310 e. The zero-order chi connectivity index (χ0) is 14.7. The predicted molar refractivity (Wildman–Crippen MR) is 77.9 cm³/mol. The van der Waals surface area contributed by atoms with E-state index in [0.29, 0.717) is 5.02 Å². The number of anilines is 1. The highest BCUT2D eigenvalue weighted by molar-refractivity contribution is 6.31. The molecule has 1 aromatic carbocycles. The average Bonchev–Trinajstić information content (AvgIpc) is 3.05. The number of nitrogens with one attached hydrogen (secondary N) is 1. The molecule has 1 N–H and O–H groups in total.